The second-order valence-corrected chi connectivity index (χ2v) is 9.93. The Hall–Kier alpha value is -5.13. The van der Waals surface area contributed by atoms with E-state index in [0.717, 1.165) is 0 Å². The number of fused-ring (bicyclic) bond motifs is 1. The molecular formula is C31H23ClN4O7. The highest BCUT2D eigenvalue weighted by molar-refractivity contribution is 6.34. The molecule has 0 amide bonds. The minimum atomic E-state index is -1.22. The molecule has 43 heavy (non-hydrogen) atoms. The number of nitrogens with zero attached hydrogens (tertiary/aromatic N) is 4. The summed E-state index contributed by atoms with van der Waals surface area (Å²) in [6.45, 7) is -0.324. The third-order valence-electron chi connectivity index (χ3n) is 6.77. The van der Waals surface area contributed by atoms with E-state index in [1.807, 2.05) is 0 Å². The van der Waals surface area contributed by atoms with Gasteiger partial charge in [0.2, 0.25) is 0 Å². The summed E-state index contributed by atoms with van der Waals surface area (Å²) in [4.78, 5) is 43.7. The maximum absolute atomic E-state index is 13.3. The van der Waals surface area contributed by atoms with Gasteiger partial charge in [0.15, 0.2) is 24.1 Å². The van der Waals surface area contributed by atoms with E-state index in [1.54, 1.807) is 91.0 Å². The number of ether oxygens (including phenoxy) is 4. The summed E-state index contributed by atoms with van der Waals surface area (Å²) in [5, 5.41) is 8.30. The van der Waals surface area contributed by atoms with Crippen LogP contribution in [-0.4, -0.2) is 62.6 Å². The van der Waals surface area contributed by atoms with E-state index < -0.39 is 42.4 Å². The van der Waals surface area contributed by atoms with Crippen LogP contribution in [0.4, 0.5) is 0 Å². The first-order valence-corrected chi connectivity index (χ1v) is 13.6. The molecule has 3 heterocycles. The molecule has 11 nitrogen and oxygen atoms in total. The van der Waals surface area contributed by atoms with Gasteiger partial charge in [0.25, 0.3) is 0 Å². The van der Waals surface area contributed by atoms with E-state index >= 15 is 0 Å². The number of benzene rings is 3. The third-order valence-corrected chi connectivity index (χ3v) is 7.05. The molecule has 216 valence electrons. The number of rotatable bonds is 8. The minimum Gasteiger partial charge on any atom is -0.459 e. The van der Waals surface area contributed by atoms with E-state index in [1.165, 1.54) is 17.1 Å². The number of carbonyl (C=O) groups is 3. The third kappa shape index (κ3) is 5.94. The summed E-state index contributed by atoms with van der Waals surface area (Å²) in [7, 11) is 0. The molecule has 0 N–H and O–H groups in total. The van der Waals surface area contributed by atoms with Crippen LogP contribution in [0.5, 0.6) is 0 Å². The van der Waals surface area contributed by atoms with E-state index in [0.29, 0.717) is 11.1 Å². The summed E-state index contributed by atoms with van der Waals surface area (Å²) in [6.07, 6.45) is -1.84. The van der Waals surface area contributed by atoms with Gasteiger partial charge in [0.05, 0.1) is 34.2 Å². The van der Waals surface area contributed by atoms with Gasteiger partial charge in [-0.25, -0.2) is 19.4 Å². The number of carbonyl (C=O) groups excluding carboxylic acids is 3. The molecule has 3 aromatic carbocycles. The van der Waals surface area contributed by atoms with Crippen LogP contribution in [-0.2, 0) is 18.9 Å². The number of imidazole rings is 1. The normalized spacial score (nSPS) is 19.6. The average molecular weight is 599 g/mol. The van der Waals surface area contributed by atoms with Crippen molar-refractivity contribution in [3.8, 4) is 0 Å². The van der Waals surface area contributed by atoms with Crippen molar-refractivity contribution >= 4 is 40.7 Å². The Balaban J connectivity index is 1.37. The van der Waals surface area contributed by atoms with E-state index in [4.69, 9.17) is 30.5 Å². The van der Waals surface area contributed by atoms with Crippen molar-refractivity contribution in [3.63, 3.8) is 0 Å². The van der Waals surface area contributed by atoms with E-state index in [2.05, 4.69) is 15.2 Å². The minimum absolute atomic E-state index is 0.244. The fourth-order valence-corrected chi connectivity index (χ4v) is 4.86. The molecule has 4 atom stereocenters. The largest absolute Gasteiger partial charge is 0.459 e. The van der Waals surface area contributed by atoms with Crippen molar-refractivity contribution < 1.29 is 33.3 Å². The van der Waals surface area contributed by atoms with E-state index in [9.17, 15) is 14.4 Å². The first-order chi connectivity index (χ1) is 21.0. The van der Waals surface area contributed by atoms with Gasteiger partial charge in [0.1, 0.15) is 18.2 Å². The highest BCUT2D eigenvalue weighted by Crippen LogP contribution is 2.37. The Morgan fingerprint density at radius 1 is 0.767 bits per heavy atom. The number of hydrogen-bond acceptors (Lipinski definition) is 10. The number of aromatic nitrogens is 4. The van der Waals surface area contributed by atoms with Gasteiger partial charge in [-0.1, -0.05) is 66.2 Å². The van der Waals surface area contributed by atoms with Crippen LogP contribution in [0.2, 0.25) is 5.02 Å². The monoisotopic (exact) mass is 598 g/mol. The molecule has 0 aliphatic carbocycles. The van der Waals surface area contributed by atoms with Gasteiger partial charge in [0, 0.05) is 0 Å². The molecule has 5 aromatic rings. The van der Waals surface area contributed by atoms with Crippen molar-refractivity contribution in [2.45, 2.75) is 24.5 Å². The standard InChI is InChI=1S/C31H23ClN4O7/c32-22-16-34-35-27-24(22)33-18-36(27)28-26(43-31(39)21-14-8-3-9-15-21)25(42-30(38)20-12-6-2-7-13-20)23(41-28)17-40-29(37)19-10-4-1-5-11-19/h1-16,18,23,25-26,28H,17H2/t23-,25-,26-,28-/m1/s1. The number of esters is 3. The molecule has 1 fully saturated rings. The summed E-state index contributed by atoms with van der Waals surface area (Å²) in [6, 6.07) is 25.1. The Labute approximate surface area is 249 Å². The highest BCUT2D eigenvalue weighted by atomic mass is 35.5. The van der Waals surface area contributed by atoms with Crippen molar-refractivity contribution in [2.24, 2.45) is 0 Å². The predicted molar refractivity (Wildman–Crippen MR) is 152 cm³/mol. The lowest BCUT2D eigenvalue weighted by Gasteiger charge is -2.25. The second-order valence-electron chi connectivity index (χ2n) is 9.52. The first kappa shape index (κ1) is 28.0. The highest BCUT2D eigenvalue weighted by Gasteiger charge is 2.52. The van der Waals surface area contributed by atoms with Gasteiger partial charge in [-0.3, -0.25) is 4.57 Å². The molecule has 1 aliphatic heterocycles. The van der Waals surface area contributed by atoms with Crippen LogP contribution in [0, 0.1) is 0 Å². The summed E-state index contributed by atoms with van der Waals surface area (Å²) >= 11 is 6.28. The number of halogens is 1. The molecule has 12 heteroatoms. The molecule has 1 saturated heterocycles. The van der Waals surface area contributed by atoms with Crippen LogP contribution < -0.4 is 0 Å². The Morgan fingerprint density at radius 2 is 1.30 bits per heavy atom. The smallest absolute Gasteiger partial charge is 0.338 e. The van der Waals surface area contributed by atoms with Crippen LogP contribution in [0.15, 0.2) is 104 Å². The molecule has 0 saturated carbocycles. The Morgan fingerprint density at radius 3 is 1.88 bits per heavy atom. The van der Waals surface area contributed by atoms with Gasteiger partial charge in [-0.05, 0) is 36.4 Å². The fourth-order valence-electron chi connectivity index (χ4n) is 4.68. The lowest BCUT2D eigenvalue weighted by Crippen LogP contribution is -2.41. The van der Waals surface area contributed by atoms with Gasteiger partial charge >= 0.3 is 17.9 Å². The summed E-state index contributed by atoms with van der Waals surface area (Å²) in [5.41, 5.74) is 1.45. The van der Waals surface area contributed by atoms with Crippen LogP contribution in [0.3, 0.4) is 0 Å². The Kier molecular flexibility index (Phi) is 8.07. The zero-order valence-corrected chi connectivity index (χ0v) is 23.1. The van der Waals surface area contributed by atoms with Crippen molar-refractivity contribution in [3.05, 3.63) is 125 Å². The van der Waals surface area contributed by atoms with Crippen molar-refractivity contribution in [1.82, 2.24) is 19.7 Å². The molecule has 0 radical (unpaired) electrons. The van der Waals surface area contributed by atoms with Crippen molar-refractivity contribution in [2.75, 3.05) is 6.61 Å². The molecule has 0 unspecified atom stereocenters. The molecular weight excluding hydrogens is 576 g/mol. The summed E-state index contributed by atoms with van der Waals surface area (Å²) < 4.78 is 25.3. The SMILES string of the molecule is O=C(OC[C@H]1O[C@@H](n2cnc3c(Cl)cnnc32)[C@H](OC(=O)c2ccccc2)[C@@H]1OC(=O)c1ccccc1)c1ccccc1. The lowest BCUT2D eigenvalue weighted by molar-refractivity contribution is -0.0606. The van der Waals surface area contributed by atoms with Gasteiger partial charge in [-0.2, -0.15) is 5.10 Å². The van der Waals surface area contributed by atoms with Gasteiger partial charge < -0.3 is 18.9 Å². The van der Waals surface area contributed by atoms with E-state index in [-0.39, 0.29) is 28.4 Å². The van der Waals surface area contributed by atoms with Crippen LogP contribution >= 0.6 is 11.6 Å². The zero-order valence-electron chi connectivity index (χ0n) is 22.4. The van der Waals surface area contributed by atoms with Crippen LogP contribution in [0.25, 0.3) is 11.2 Å². The Bertz CT molecular complexity index is 1750. The summed E-state index contributed by atoms with van der Waals surface area (Å²) in [5.74, 6) is -1.98. The maximum Gasteiger partial charge on any atom is 0.338 e. The zero-order chi connectivity index (χ0) is 29.8. The number of hydrogen-bond donors (Lipinski definition) is 0. The predicted octanol–water partition coefficient (Wildman–Crippen LogP) is 4.69. The molecule has 1 aliphatic rings. The molecule has 0 spiro atoms. The van der Waals surface area contributed by atoms with Gasteiger partial charge in [-0.15, -0.1) is 5.10 Å². The molecule has 2 aromatic heterocycles. The second kappa shape index (κ2) is 12.4. The lowest BCUT2D eigenvalue weighted by atomic mass is 10.1. The average Bonchev–Trinajstić information content (AvgIpc) is 3.63. The fraction of sp³-hybridized carbons (Fsp3) is 0.161. The quantitative estimate of drug-likeness (QED) is 0.183. The molecule has 0 bridgehead atoms. The maximum atomic E-state index is 13.3. The molecule has 6 rings (SSSR count). The first-order valence-electron chi connectivity index (χ1n) is 13.2. The van der Waals surface area contributed by atoms with Crippen molar-refractivity contribution in [1.29, 1.82) is 0 Å². The topological polar surface area (TPSA) is 132 Å². The van der Waals surface area contributed by atoms with Crippen LogP contribution in [0.1, 0.15) is 37.3 Å².